The van der Waals surface area contributed by atoms with Gasteiger partial charge in [-0.3, -0.25) is 19.4 Å². The van der Waals surface area contributed by atoms with Crippen LogP contribution in [0.5, 0.6) is 0 Å². The minimum absolute atomic E-state index is 0.000638. The van der Waals surface area contributed by atoms with Crippen molar-refractivity contribution in [2.24, 2.45) is 0 Å². The van der Waals surface area contributed by atoms with E-state index >= 15 is 0 Å². The van der Waals surface area contributed by atoms with Gasteiger partial charge in [0.25, 0.3) is 0 Å². The molecule has 0 saturated carbocycles. The first kappa shape index (κ1) is 19.7. The number of nitrogens with one attached hydrogen (secondary N) is 1. The lowest BCUT2D eigenvalue weighted by molar-refractivity contribution is -0.116. The second-order valence-electron chi connectivity index (χ2n) is 6.64. The number of anilines is 1. The van der Waals surface area contributed by atoms with Crippen LogP contribution in [0.15, 0.2) is 88.5 Å². The van der Waals surface area contributed by atoms with Crippen molar-refractivity contribution in [1.82, 2.24) is 9.55 Å². The Kier molecular flexibility index (Phi) is 5.54. The molecule has 4 rings (SSSR count). The standard InChI is InChI=1S/C23H16BrN3O3/c24-16-6-7-20-18(12-16)23(30)19(22(29)15-8-10-25-11-9-15)13-27(20)14-21(28)26-17-4-2-1-3-5-17/h1-13H,14H2,(H,26,28). The number of nitrogens with zero attached hydrogens (tertiary/aromatic N) is 2. The van der Waals surface area contributed by atoms with E-state index in [1.807, 2.05) is 18.2 Å². The van der Waals surface area contributed by atoms with Crippen LogP contribution in [0.2, 0.25) is 0 Å². The summed E-state index contributed by atoms with van der Waals surface area (Å²) in [6.07, 6.45) is 4.44. The molecule has 0 spiro atoms. The highest BCUT2D eigenvalue weighted by molar-refractivity contribution is 9.10. The van der Waals surface area contributed by atoms with Gasteiger partial charge in [0.15, 0.2) is 5.78 Å². The Morgan fingerprint density at radius 1 is 1.00 bits per heavy atom. The number of aromatic nitrogens is 2. The smallest absolute Gasteiger partial charge is 0.244 e. The zero-order valence-corrected chi connectivity index (χ0v) is 17.3. The fraction of sp³-hybridized carbons (Fsp3) is 0.0435. The van der Waals surface area contributed by atoms with Gasteiger partial charge in [0.2, 0.25) is 11.3 Å². The normalized spacial score (nSPS) is 10.7. The molecule has 1 amide bonds. The number of rotatable bonds is 5. The lowest BCUT2D eigenvalue weighted by Crippen LogP contribution is -2.24. The van der Waals surface area contributed by atoms with E-state index in [1.54, 1.807) is 47.0 Å². The molecule has 0 unspecified atom stereocenters. The first-order valence-corrected chi connectivity index (χ1v) is 9.94. The molecule has 0 aliphatic rings. The maximum absolute atomic E-state index is 13.1. The topological polar surface area (TPSA) is 81.1 Å². The van der Waals surface area contributed by atoms with Gasteiger partial charge < -0.3 is 9.88 Å². The molecule has 148 valence electrons. The van der Waals surface area contributed by atoms with Crippen LogP contribution in [0.3, 0.4) is 0 Å². The average molecular weight is 462 g/mol. The number of carbonyl (C=O) groups excluding carboxylic acids is 2. The predicted octanol–water partition coefficient (Wildman–Crippen LogP) is 4.03. The minimum Gasteiger partial charge on any atom is -0.337 e. The Bertz CT molecular complexity index is 1300. The van der Waals surface area contributed by atoms with Crippen LogP contribution < -0.4 is 10.7 Å². The quantitative estimate of drug-likeness (QED) is 0.455. The maximum atomic E-state index is 13.1. The molecule has 1 N–H and O–H groups in total. The Balaban J connectivity index is 1.78. The molecule has 0 fully saturated rings. The third-order valence-corrected chi connectivity index (χ3v) is 5.09. The summed E-state index contributed by atoms with van der Waals surface area (Å²) >= 11 is 3.37. The van der Waals surface area contributed by atoms with Gasteiger partial charge in [0.1, 0.15) is 6.54 Å². The van der Waals surface area contributed by atoms with Crippen LogP contribution in [0.25, 0.3) is 10.9 Å². The minimum atomic E-state index is -0.415. The summed E-state index contributed by atoms with van der Waals surface area (Å²) in [6, 6.07) is 17.4. The summed E-state index contributed by atoms with van der Waals surface area (Å²) in [5.74, 6) is -0.683. The van der Waals surface area contributed by atoms with E-state index < -0.39 is 5.78 Å². The van der Waals surface area contributed by atoms with Crippen molar-refractivity contribution >= 4 is 44.2 Å². The Morgan fingerprint density at radius 2 is 1.73 bits per heavy atom. The Labute approximate surface area is 180 Å². The van der Waals surface area contributed by atoms with Crippen LogP contribution in [0.4, 0.5) is 5.69 Å². The van der Waals surface area contributed by atoms with Gasteiger partial charge in [-0.1, -0.05) is 34.1 Å². The molecule has 2 heterocycles. The second-order valence-corrected chi connectivity index (χ2v) is 7.56. The van der Waals surface area contributed by atoms with Crippen LogP contribution in [-0.2, 0) is 11.3 Å². The van der Waals surface area contributed by atoms with Gasteiger partial charge in [0, 0.05) is 39.7 Å². The van der Waals surface area contributed by atoms with E-state index in [2.05, 4.69) is 26.2 Å². The number of fused-ring (bicyclic) bond motifs is 1. The van der Waals surface area contributed by atoms with Gasteiger partial charge >= 0.3 is 0 Å². The number of benzene rings is 2. The molecule has 4 aromatic rings. The van der Waals surface area contributed by atoms with Crippen molar-refractivity contribution in [2.45, 2.75) is 6.54 Å². The summed E-state index contributed by atoms with van der Waals surface area (Å²) in [5.41, 5.74) is 1.21. The molecule has 0 atom stereocenters. The average Bonchev–Trinajstić information content (AvgIpc) is 2.76. The number of pyridine rings is 2. The number of halogens is 1. The Morgan fingerprint density at radius 3 is 2.47 bits per heavy atom. The van der Waals surface area contributed by atoms with Crippen molar-refractivity contribution in [3.63, 3.8) is 0 Å². The highest BCUT2D eigenvalue weighted by atomic mass is 79.9. The molecule has 0 aliphatic carbocycles. The Hall–Kier alpha value is -3.58. The molecule has 2 aromatic carbocycles. The summed E-state index contributed by atoms with van der Waals surface area (Å²) in [5, 5.41) is 3.18. The van der Waals surface area contributed by atoms with E-state index in [0.717, 1.165) is 0 Å². The number of ketones is 1. The molecule has 0 aliphatic heterocycles. The van der Waals surface area contributed by atoms with Crippen LogP contribution in [0, 0.1) is 0 Å². The van der Waals surface area contributed by atoms with E-state index in [-0.39, 0.29) is 23.4 Å². The van der Waals surface area contributed by atoms with E-state index in [0.29, 0.717) is 26.6 Å². The lowest BCUT2D eigenvalue weighted by Gasteiger charge is -2.14. The highest BCUT2D eigenvalue weighted by Crippen LogP contribution is 2.19. The van der Waals surface area contributed by atoms with Gasteiger partial charge in [-0.05, 0) is 42.5 Å². The predicted molar refractivity (Wildman–Crippen MR) is 119 cm³/mol. The molecular formula is C23H16BrN3O3. The van der Waals surface area contributed by atoms with Crippen molar-refractivity contribution in [3.8, 4) is 0 Å². The van der Waals surface area contributed by atoms with Gasteiger partial charge in [0.05, 0.1) is 11.1 Å². The van der Waals surface area contributed by atoms with Crippen molar-refractivity contribution < 1.29 is 9.59 Å². The van der Waals surface area contributed by atoms with E-state index in [4.69, 9.17) is 0 Å². The summed E-state index contributed by atoms with van der Waals surface area (Å²) in [4.78, 5) is 42.5. The van der Waals surface area contributed by atoms with Gasteiger partial charge in [-0.2, -0.15) is 0 Å². The first-order chi connectivity index (χ1) is 14.5. The SMILES string of the molecule is O=C(Cn1cc(C(=O)c2ccncc2)c(=O)c2cc(Br)ccc21)Nc1ccccc1. The van der Waals surface area contributed by atoms with Crippen molar-refractivity contribution in [2.75, 3.05) is 5.32 Å². The molecular weight excluding hydrogens is 446 g/mol. The zero-order chi connectivity index (χ0) is 21.1. The van der Waals surface area contributed by atoms with Crippen LogP contribution >= 0.6 is 15.9 Å². The van der Waals surface area contributed by atoms with E-state index in [9.17, 15) is 14.4 Å². The lowest BCUT2D eigenvalue weighted by atomic mass is 10.0. The third-order valence-electron chi connectivity index (χ3n) is 4.60. The molecule has 0 saturated heterocycles. The van der Waals surface area contributed by atoms with E-state index in [1.165, 1.54) is 18.6 Å². The molecule has 0 radical (unpaired) electrons. The summed E-state index contributed by atoms with van der Waals surface area (Å²) in [6.45, 7) is -0.0517. The molecule has 6 nitrogen and oxygen atoms in total. The zero-order valence-electron chi connectivity index (χ0n) is 15.7. The van der Waals surface area contributed by atoms with Gasteiger partial charge in [-0.15, -0.1) is 0 Å². The summed E-state index contributed by atoms with van der Waals surface area (Å²) < 4.78 is 2.33. The molecule has 0 bridgehead atoms. The first-order valence-electron chi connectivity index (χ1n) is 9.15. The number of carbonyl (C=O) groups is 2. The number of hydrogen-bond acceptors (Lipinski definition) is 4. The largest absolute Gasteiger partial charge is 0.337 e. The van der Waals surface area contributed by atoms with Gasteiger partial charge in [-0.25, -0.2) is 0 Å². The third kappa shape index (κ3) is 4.06. The maximum Gasteiger partial charge on any atom is 0.244 e. The number of hydrogen-bond donors (Lipinski definition) is 1. The highest BCUT2D eigenvalue weighted by Gasteiger charge is 2.18. The fourth-order valence-electron chi connectivity index (χ4n) is 3.20. The van der Waals surface area contributed by atoms with Crippen molar-refractivity contribution in [3.05, 3.63) is 105 Å². The molecule has 30 heavy (non-hydrogen) atoms. The van der Waals surface area contributed by atoms with Crippen molar-refractivity contribution in [1.29, 1.82) is 0 Å². The molecule has 7 heteroatoms. The summed E-state index contributed by atoms with van der Waals surface area (Å²) in [7, 11) is 0. The fourth-order valence-corrected chi connectivity index (χ4v) is 3.56. The number of para-hydroxylation sites is 1. The molecule has 2 aromatic heterocycles. The van der Waals surface area contributed by atoms with Crippen LogP contribution in [0.1, 0.15) is 15.9 Å². The second kappa shape index (κ2) is 8.42. The van der Waals surface area contributed by atoms with Crippen LogP contribution in [-0.4, -0.2) is 21.2 Å². The number of amides is 1. The monoisotopic (exact) mass is 461 g/mol.